The zero-order valence-corrected chi connectivity index (χ0v) is 15.3. The molecule has 0 saturated carbocycles. The fourth-order valence-electron chi connectivity index (χ4n) is 2.57. The Bertz CT molecular complexity index is 849. The van der Waals surface area contributed by atoms with E-state index in [0.29, 0.717) is 18.7 Å². The number of benzene rings is 2. The molecule has 26 heavy (non-hydrogen) atoms. The van der Waals surface area contributed by atoms with Crippen LogP contribution in [0.25, 0.3) is 0 Å². The molecular weight excluding hydrogens is 346 g/mol. The van der Waals surface area contributed by atoms with Crippen LogP contribution in [-0.4, -0.2) is 22.8 Å². The normalized spacial score (nSPS) is 10.4. The smallest absolute Gasteiger partial charge is 0.255 e. The summed E-state index contributed by atoms with van der Waals surface area (Å²) < 4.78 is 0. The highest BCUT2D eigenvalue weighted by atomic mass is 35.5. The van der Waals surface area contributed by atoms with Crippen LogP contribution in [0.15, 0.2) is 72.9 Å². The van der Waals surface area contributed by atoms with Crippen LogP contribution in [0, 0.1) is 0 Å². The highest BCUT2D eigenvalue weighted by Gasteiger charge is 2.12. The fourth-order valence-corrected chi connectivity index (χ4v) is 2.70. The van der Waals surface area contributed by atoms with Gasteiger partial charge in [-0.25, -0.2) is 4.98 Å². The molecule has 0 unspecified atom stereocenters. The minimum absolute atomic E-state index is 0.0504. The van der Waals surface area contributed by atoms with Crippen molar-refractivity contribution in [2.45, 2.75) is 13.1 Å². The molecule has 0 spiro atoms. The summed E-state index contributed by atoms with van der Waals surface area (Å²) in [5.41, 5.74) is 2.77. The van der Waals surface area contributed by atoms with Crippen LogP contribution in [0.5, 0.6) is 0 Å². The number of hydrogen-bond acceptors (Lipinski definition) is 3. The van der Waals surface area contributed by atoms with E-state index >= 15 is 0 Å². The summed E-state index contributed by atoms with van der Waals surface area (Å²) in [5, 5.41) is 3.95. The monoisotopic (exact) mass is 365 g/mol. The Hall–Kier alpha value is -2.85. The van der Waals surface area contributed by atoms with Crippen LogP contribution in [0.2, 0.25) is 5.02 Å². The van der Waals surface area contributed by atoms with E-state index in [4.69, 9.17) is 11.6 Å². The molecule has 0 saturated heterocycles. The van der Waals surface area contributed by atoms with Crippen molar-refractivity contribution < 1.29 is 4.79 Å². The molecule has 1 amide bonds. The molecule has 0 aliphatic heterocycles. The second-order valence-electron chi connectivity index (χ2n) is 6.06. The number of anilines is 1. The van der Waals surface area contributed by atoms with Gasteiger partial charge in [0.2, 0.25) is 0 Å². The van der Waals surface area contributed by atoms with Gasteiger partial charge in [0, 0.05) is 31.4 Å². The first-order chi connectivity index (χ1) is 12.6. The molecule has 1 N–H and O–H groups in total. The van der Waals surface area contributed by atoms with E-state index in [1.807, 2.05) is 60.7 Å². The Kier molecular flexibility index (Phi) is 5.87. The summed E-state index contributed by atoms with van der Waals surface area (Å²) in [6.07, 6.45) is 1.61. The lowest BCUT2D eigenvalue weighted by molar-refractivity contribution is 0.0784. The first-order valence-electron chi connectivity index (χ1n) is 8.35. The van der Waals surface area contributed by atoms with E-state index < -0.39 is 0 Å². The summed E-state index contributed by atoms with van der Waals surface area (Å²) in [6, 6.07) is 21.2. The minimum atomic E-state index is -0.0504. The Morgan fingerprint density at radius 2 is 1.73 bits per heavy atom. The van der Waals surface area contributed by atoms with Gasteiger partial charge in [-0.2, -0.15) is 0 Å². The van der Waals surface area contributed by atoms with Gasteiger partial charge in [0.25, 0.3) is 5.91 Å². The highest BCUT2D eigenvalue weighted by molar-refractivity contribution is 6.30. The first-order valence-corrected chi connectivity index (χ1v) is 8.73. The summed E-state index contributed by atoms with van der Waals surface area (Å²) in [6.45, 7) is 1.21. The number of carbonyl (C=O) groups excluding carboxylic acids is 1. The van der Waals surface area contributed by atoms with Gasteiger partial charge in [-0.15, -0.1) is 0 Å². The zero-order chi connectivity index (χ0) is 18.4. The van der Waals surface area contributed by atoms with Crippen LogP contribution in [0.3, 0.4) is 0 Å². The lowest BCUT2D eigenvalue weighted by atomic mass is 10.2. The summed E-state index contributed by atoms with van der Waals surface area (Å²) in [4.78, 5) is 18.5. The molecule has 3 rings (SSSR count). The maximum atomic E-state index is 12.5. The minimum Gasteiger partial charge on any atom is -0.366 e. The number of pyridine rings is 1. The number of halogens is 1. The molecule has 1 aromatic heterocycles. The predicted molar refractivity (Wildman–Crippen MR) is 105 cm³/mol. The van der Waals surface area contributed by atoms with Crippen molar-refractivity contribution in [3.8, 4) is 0 Å². The summed E-state index contributed by atoms with van der Waals surface area (Å²) >= 11 is 5.88. The number of nitrogens with zero attached hydrogens (tertiary/aromatic N) is 2. The highest BCUT2D eigenvalue weighted by Crippen LogP contribution is 2.13. The molecule has 4 nitrogen and oxygen atoms in total. The quantitative estimate of drug-likeness (QED) is 0.693. The fraction of sp³-hybridized carbons (Fsp3) is 0.143. The molecule has 1 heterocycles. The SMILES string of the molecule is CN(Cc1ccccc1)C(=O)c1ccc(NCc2ccc(Cl)cc2)nc1. The van der Waals surface area contributed by atoms with Gasteiger partial charge < -0.3 is 10.2 Å². The average molecular weight is 366 g/mol. The van der Waals surface area contributed by atoms with E-state index in [1.165, 1.54) is 0 Å². The van der Waals surface area contributed by atoms with Crippen molar-refractivity contribution in [1.29, 1.82) is 0 Å². The third-order valence-corrected chi connectivity index (χ3v) is 4.26. The number of rotatable bonds is 6. The molecule has 0 aliphatic carbocycles. The lowest BCUT2D eigenvalue weighted by Crippen LogP contribution is -2.26. The maximum absolute atomic E-state index is 12.5. The second kappa shape index (κ2) is 8.50. The van der Waals surface area contributed by atoms with Gasteiger partial charge in [-0.3, -0.25) is 4.79 Å². The van der Waals surface area contributed by atoms with Gasteiger partial charge in [0.1, 0.15) is 5.82 Å². The molecule has 132 valence electrons. The average Bonchev–Trinajstić information content (AvgIpc) is 2.68. The molecule has 0 fully saturated rings. The third-order valence-electron chi connectivity index (χ3n) is 4.01. The largest absolute Gasteiger partial charge is 0.366 e. The number of nitrogens with one attached hydrogen (secondary N) is 1. The van der Waals surface area contributed by atoms with Crippen molar-refractivity contribution >= 4 is 23.3 Å². The molecule has 0 aliphatic rings. The van der Waals surface area contributed by atoms with Crippen LogP contribution in [0.4, 0.5) is 5.82 Å². The van der Waals surface area contributed by atoms with E-state index in [9.17, 15) is 4.79 Å². The molecular formula is C21H20ClN3O. The van der Waals surface area contributed by atoms with E-state index in [1.54, 1.807) is 24.2 Å². The van der Waals surface area contributed by atoms with Crippen LogP contribution in [-0.2, 0) is 13.1 Å². The van der Waals surface area contributed by atoms with Crippen molar-refractivity contribution in [1.82, 2.24) is 9.88 Å². The van der Waals surface area contributed by atoms with Crippen LogP contribution < -0.4 is 5.32 Å². The van der Waals surface area contributed by atoms with Gasteiger partial charge in [0.15, 0.2) is 0 Å². The zero-order valence-electron chi connectivity index (χ0n) is 14.5. The molecule has 0 atom stereocenters. The summed E-state index contributed by atoms with van der Waals surface area (Å²) in [5.74, 6) is 0.674. The number of carbonyl (C=O) groups is 1. The van der Waals surface area contributed by atoms with Crippen LogP contribution in [0.1, 0.15) is 21.5 Å². The Labute approximate surface area is 158 Å². The molecule has 2 aromatic carbocycles. The van der Waals surface area contributed by atoms with E-state index in [0.717, 1.165) is 22.0 Å². The standard InChI is InChI=1S/C21H20ClN3O/c1-25(15-17-5-3-2-4-6-17)21(26)18-9-12-20(24-14-18)23-13-16-7-10-19(22)11-8-16/h2-12,14H,13,15H2,1H3,(H,23,24). The Balaban J connectivity index is 1.57. The Morgan fingerprint density at radius 1 is 1.00 bits per heavy atom. The molecule has 3 aromatic rings. The van der Waals surface area contributed by atoms with Crippen molar-refractivity contribution in [2.24, 2.45) is 0 Å². The molecule has 0 radical (unpaired) electrons. The topological polar surface area (TPSA) is 45.2 Å². The van der Waals surface area contributed by atoms with Crippen molar-refractivity contribution in [3.63, 3.8) is 0 Å². The van der Waals surface area contributed by atoms with Crippen molar-refractivity contribution in [2.75, 3.05) is 12.4 Å². The summed E-state index contributed by atoms with van der Waals surface area (Å²) in [7, 11) is 1.79. The number of hydrogen-bond donors (Lipinski definition) is 1. The van der Waals surface area contributed by atoms with E-state index in [2.05, 4.69) is 10.3 Å². The maximum Gasteiger partial charge on any atom is 0.255 e. The first kappa shape index (κ1) is 18.0. The second-order valence-corrected chi connectivity index (χ2v) is 6.50. The molecule has 0 bridgehead atoms. The van der Waals surface area contributed by atoms with Gasteiger partial charge in [0.05, 0.1) is 5.56 Å². The molecule has 5 heteroatoms. The predicted octanol–water partition coefficient (Wildman–Crippen LogP) is 4.62. The number of amides is 1. The Morgan fingerprint density at radius 3 is 2.38 bits per heavy atom. The third kappa shape index (κ3) is 4.83. The van der Waals surface area contributed by atoms with Gasteiger partial charge >= 0.3 is 0 Å². The lowest BCUT2D eigenvalue weighted by Gasteiger charge is -2.17. The van der Waals surface area contributed by atoms with E-state index in [-0.39, 0.29) is 5.91 Å². The van der Waals surface area contributed by atoms with Crippen molar-refractivity contribution in [3.05, 3.63) is 94.6 Å². The van der Waals surface area contributed by atoms with Crippen LogP contribution >= 0.6 is 11.6 Å². The number of aromatic nitrogens is 1. The van der Waals surface area contributed by atoms with Gasteiger partial charge in [-0.05, 0) is 35.4 Å². The van der Waals surface area contributed by atoms with Gasteiger partial charge in [-0.1, -0.05) is 54.1 Å².